The number of thioether (sulfide) groups is 1. The maximum Gasteiger partial charge on any atom is 0.308 e. The molecule has 3 aliphatic rings. The highest BCUT2D eigenvalue weighted by Crippen LogP contribution is 2.63. The quantitative estimate of drug-likeness (QED) is 0.539. The molecular weight excluding hydrogens is 440 g/mol. The molecule has 2 aliphatic carbocycles. The van der Waals surface area contributed by atoms with Crippen molar-refractivity contribution in [1.29, 1.82) is 0 Å². The monoisotopic (exact) mass is 464 g/mol. The summed E-state index contributed by atoms with van der Waals surface area (Å²) in [6, 6.07) is 17.0. The second-order valence-electron chi connectivity index (χ2n) is 9.10. The molecule has 1 aromatic heterocycles. The van der Waals surface area contributed by atoms with Crippen molar-refractivity contribution in [2.45, 2.75) is 42.0 Å². The zero-order chi connectivity index (χ0) is 21.8. The van der Waals surface area contributed by atoms with Crippen LogP contribution in [0.15, 0.2) is 64.4 Å². The van der Waals surface area contributed by atoms with Gasteiger partial charge in [-0.25, -0.2) is 0 Å². The smallest absolute Gasteiger partial charge is 0.308 e. The van der Waals surface area contributed by atoms with Gasteiger partial charge in [-0.2, -0.15) is 0 Å². The number of nitrogens with zero attached hydrogens (tertiary/aromatic N) is 1. The third-order valence-electron chi connectivity index (χ3n) is 7.30. The first kappa shape index (κ1) is 20.1. The second kappa shape index (κ2) is 7.81. The maximum atomic E-state index is 13.1. The number of hydrogen-bond donors (Lipinski definition) is 2. The lowest BCUT2D eigenvalue weighted by Gasteiger charge is -2.40. The van der Waals surface area contributed by atoms with Gasteiger partial charge in [0, 0.05) is 21.7 Å². The first-order valence-electron chi connectivity index (χ1n) is 11.1. The van der Waals surface area contributed by atoms with Crippen LogP contribution in [0, 0.1) is 17.8 Å². The molecule has 3 aromatic rings. The molecule has 0 saturated heterocycles. The highest BCUT2D eigenvalue weighted by Gasteiger charge is 2.55. The van der Waals surface area contributed by atoms with Crippen LogP contribution < -0.4 is 10.2 Å². The second-order valence-corrected chi connectivity index (χ2v) is 11.3. The fourth-order valence-electron chi connectivity index (χ4n) is 6.01. The van der Waals surface area contributed by atoms with E-state index in [9.17, 15) is 14.7 Å². The lowest BCUT2D eigenvalue weighted by atomic mass is 9.75. The Kier molecular flexibility index (Phi) is 4.91. The Bertz CT molecular complexity index is 1220. The highest BCUT2D eigenvalue weighted by atomic mass is 32.2. The van der Waals surface area contributed by atoms with Crippen molar-refractivity contribution >= 4 is 34.7 Å². The first-order chi connectivity index (χ1) is 15.6. The number of aromatic nitrogens is 1. The molecule has 2 N–H and O–H groups in total. The van der Waals surface area contributed by atoms with Crippen molar-refractivity contribution in [2.24, 2.45) is 17.8 Å². The van der Waals surface area contributed by atoms with Crippen LogP contribution in [0.3, 0.4) is 0 Å². The van der Waals surface area contributed by atoms with Gasteiger partial charge in [0.25, 0.3) is 0 Å². The highest BCUT2D eigenvalue weighted by molar-refractivity contribution is 8.00. The number of carbonyl (C=O) groups is 1. The zero-order valence-corrected chi connectivity index (χ0v) is 19.1. The lowest BCUT2D eigenvalue weighted by Crippen LogP contribution is -2.34. The largest absolute Gasteiger partial charge is 0.508 e. The van der Waals surface area contributed by atoms with Crippen LogP contribution in [0.5, 0.6) is 5.75 Å². The molecule has 2 heterocycles. The number of benzene rings is 2. The normalized spacial score (nSPS) is 27.7. The topological polar surface area (TPSA) is 71.3 Å². The van der Waals surface area contributed by atoms with Crippen molar-refractivity contribution in [2.75, 3.05) is 5.32 Å². The molecule has 32 heavy (non-hydrogen) atoms. The van der Waals surface area contributed by atoms with Gasteiger partial charge >= 0.3 is 4.87 Å². The standard InChI is InChI=1S/C25H24N2O3S2/c28-18-10-8-17(9-11-18)26-19(29)13-27-24-23(32-25(27)30)20(14-4-2-1-3-5-14)21-15-6-7-16(12-15)22(21)31-24/h1-5,8-11,15-16,20-22,28H,6-7,12-13H2,(H,26,29). The van der Waals surface area contributed by atoms with Crippen LogP contribution >= 0.6 is 23.1 Å². The van der Waals surface area contributed by atoms with Crippen LogP contribution in [0.25, 0.3) is 0 Å². The molecule has 5 unspecified atom stereocenters. The summed E-state index contributed by atoms with van der Waals surface area (Å²) >= 11 is 3.17. The van der Waals surface area contributed by atoms with Gasteiger partial charge < -0.3 is 10.4 Å². The molecule has 2 saturated carbocycles. The Morgan fingerprint density at radius 3 is 2.59 bits per heavy atom. The molecule has 2 aromatic carbocycles. The van der Waals surface area contributed by atoms with Crippen LogP contribution in [-0.2, 0) is 11.3 Å². The number of phenolic OH excluding ortho intramolecular Hbond substituents is 1. The number of hydrogen-bond acceptors (Lipinski definition) is 5. The predicted molar refractivity (Wildman–Crippen MR) is 128 cm³/mol. The Balaban J connectivity index is 1.35. The average Bonchev–Trinajstić information content (AvgIpc) is 3.49. The Morgan fingerprint density at radius 2 is 1.81 bits per heavy atom. The van der Waals surface area contributed by atoms with E-state index in [1.54, 1.807) is 16.7 Å². The SMILES string of the molecule is O=C(Cn1c2c(sc1=O)C(c1ccccc1)C1C3CCC(C3)C1S2)Nc1ccc(O)cc1. The van der Waals surface area contributed by atoms with Gasteiger partial charge in [0.05, 0.1) is 5.03 Å². The fraction of sp³-hybridized carbons (Fsp3) is 0.360. The van der Waals surface area contributed by atoms with Crippen molar-refractivity contribution in [3.05, 3.63) is 74.7 Å². The van der Waals surface area contributed by atoms with E-state index in [1.807, 2.05) is 17.8 Å². The molecule has 0 radical (unpaired) electrons. The molecular formula is C25H24N2O3S2. The molecule has 6 rings (SSSR count). The van der Waals surface area contributed by atoms with Gasteiger partial charge in [-0.15, -0.1) is 11.8 Å². The maximum absolute atomic E-state index is 13.1. The Hall–Kier alpha value is -2.51. The summed E-state index contributed by atoms with van der Waals surface area (Å²) in [6.45, 7) is 0.00549. The summed E-state index contributed by atoms with van der Waals surface area (Å²) in [7, 11) is 0. The summed E-state index contributed by atoms with van der Waals surface area (Å²) in [5.74, 6) is 2.18. The minimum atomic E-state index is -0.231. The summed E-state index contributed by atoms with van der Waals surface area (Å²) in [6.07, 6.45) is 3.88. The van der Waals surface area contributed by atoms with E-state index in [0.717, 1.165) is 15.8 Å². The molecule has 5 nitrogen and oxygen atoms in total. The first-order valence-corrected chi connectivity index (χ1v) is 12.8. The Labute approximate surface area is 194 Å². The van der Waals surface area contributed by atoms with E-state index in [1.165, 1.54) is 48.3 Å². The van der Waals surface area contributed by atoms with E-state index < -0.39 is 0 Å². The molecule has 5 atom stereocenters. The van der Waals surface area contributed by atoms with Crippen LogP contribution in [0.1, 0.15) is 35.6 Å². The lowest BCUT2D eigenvalue weighted by molar-refractivity contribution is -0.116. The van der Waals surface area contributed by atoms with Crippen LogP contribution in [-0.4, -0.2) is 20.8 Å². The van der Waals surface area contributed by atoms with E-state index in [4.69, 9.17) is 0 Å². The molecule has 164 valence electrons. The number of aromatic hydroxyl groups is 1. The van der Waals surface area contributed by atoms with Gasteiger partial charge in [0.2, 0.25) is 5.91 Å². The summed E-state index contributed by atoms with van der Waals surface area (Å²) < 4.78 is 1.68. The number of nitrogens with one attached hydrogen (secondary N) is 1. The van der Waals surface area contributed by atoms with E-state index in [-0.39, 0.29) is 29.0 Å². The number of amides is 1. The number of rotatable bonds is 4. The van der Waals surface area contributed by atoms with E-state index in [2.05, 4.69) is 29.6 Å². The zero-order valence-electron chi connectivity index (χ0n) is 17.4. The van der Waals surface area contributed by atoms with Gasteiger partial charge in [0.15, 0.2) is 0 Å². The number of carbonyl (C=O) groups excluding carboxylic acids is 1. The van der Waals surface area contributed by atoms with Crippen LogP contribution in [0.4, 0.5) is 5.69 Å². The fourth-order valence-corrected chi connectivity index (χ4v) is 9.16. The molecule has 1 amide bonds. The van der Waals surface area contributed by atoms with Crippen molar-refractivity contribution in [3.63, 3.8) is 0 Å². The van der Waals surface area contributed by atoms with Crippen molar-refractivity contribution < 1.29 is 9.90 Å². The molecule has 2 bridgehead atoms. The van der Waals surface area contributed by atoms with Gasteiger partial charge in [-0.1, -0.05) is 41.7 Å². The van der Waals surface area contributed by atoms with E-state index in [0.29, 0.717) is 22.8 Å². The summed E-state index contributed by atoms with van der Waals surface area (Å²) in [5.41, 5.74) is 1.89. The molecule has 7 heteroatoms. The minimum Gasteiger partial charge on any atom is -0.508 e. The van der Waals surface area contributed by atoms with Gasteiger partial charge in [0.1, 0.15) is 12.3 Å². The van der Waals surface area contributed by atoms with Gasteiger partial charge in [-0.05, 0) is 66.8 Å². The summed E-state index contributed by atoms with van der Waals surface area (Å²) in [4.78, 5) is 26.9. The average molecular weight is 465 g/mol. The van der Waals surface area contributed by atoms with Crippen molar-refractivity contribution in [3.8, 4) is 5.75 Å². The number of thiazole rings is 1. The minimum absolute atomic E-state index is 0.00549. The van der Waals surface area contributed by atoms with Crippen molar-refractivity contribution in [1.82, 2.24) is 4.57 Å². The molecule has 0 spiro atoms. The number of anilines is 1. The number of phenols is 1. The van der Waals surface area contributed by atoms with Gasteiger partial charge in [-0.3, -0.25) is 14.2 Å². The number of fused-ring (bicyclic) bond motifs is 6. The predicted octanol–water partition coefficient (Wildman–Crippen LogP) is 4.91. The molecule has 1 aliphatic heterocycles. The third-order valence-corrected chi connectivity index (χ3v) is 10.1. The van der Waals surface area contributed by atoms with E-state index >= 15 is 0 Å². The third kappa shape index (κ3) is 3.30. The summed E-state index contributed by atoms with van der Waals surface area (Å²) in [5, 5.41) is 13.8. The van der Waals surface area contributed by atoms with Crippen LogP contribution in [0.2, 0.25) is 0 Å². The Morgan fingerprint density at radius 1 is 1.06 bits per heavy atom. The molecule has 2 fully saturated rings.